The number of carbonyl (C=O) groups excluding carboxylic acids is 1. The first-order valence-corrected chi connectivity index (χ1v) is 8.67. The standard InChI is InChI=1S/C17H30N4O2/c1-5-7-21-15(4)16(14(3)19-21)17(22)18-13(2)6-8-20-9-11-23-12-10-20/h13H,5-12H2,1-4H3,(H,18,22)/t13-/m0/s1. The smallest absolute Gasteiger partial charge is 0.255 e. The minimum absolute atomic E-state index is 0.00293. The molecule has 0 radical (unpaired) electrons. The second-order valence-corrected chi connectivity index (χ2v) is 6.39. The van der Waals surface area contributed by atoms with Crippen molar-refractivity contribution in [2.24, 2.45) is 0 Å². The van der Waals surface area contributed by atoms with Crippen LogP contribution in [-0.4, -0.2) is 59.5 Å². The highest BCUT2D eigenvalue weighted by atomic mass is 16.5. The molecule has 1 aliphatic rings. The number of hydrogen-bond donors (Lipinski definition) is 1. The molecule has 6 nitrogen and oxygen atoms in total. The van der Waals surface area contributed by atoms with Gasteiger partial charge in [0.15, 0.2) is 0 Å². The Kier molecular flexibility index (Phi) is 6.59. The molecule has 1 aromatic heterocycles. The van der Waals surface area contributed by atoms with Crippen molar-refractivity contribution in [3.05, 3.63) is 17.0 Å². The molecule has 2 heterocycles. The molecule has 0 spiro atoms. The predicted octanol–water partition coefficient (Wildman–Crippen LogP) is 1.75. The van der Waals surface area contributed by atoms with Gasteiger partial charge in [-0.3, -0.25) is 14.4 Å². The number of rotatable bonds is 7. The zero-order chi connectivity index (χ0) is 16.8. The molecule has 1 aliphatic heterocycles. The maximum atomic E-state index is 12.6. The first kappa shape index (κ1) is 17.9. The molecule has 0 bridgehead atoms. The summed E-state index contributed by atoms with van der Waals surface area (Å²) >= 11 is 0. The van der Waals surface area contributed by atoms with E-state index in [1.165, 1.54) is 0 Å². The molecule has 1 aromatic rings. The number of aromatic nitrogens is 2. The summed E-state index contributed by atoms with van der Waals surface area (Å²) in [6.45, 7) is 13.5. The second-order valence-electron chi connectivity index (χ2n) is 6.39. The Morgan fingerprint density at radius 3 is 2.65 bits per heavy atom. The van der Waals surface area contributed by atoms with Crippen molar-refractivity contribution in [3.63, 3.8) is 0 Å². The Labute approximate surface area is 139 Å². The van der Waals surface area contributed by atoms with Crippen LogP contribution in [0.3, 0.4) is 0 Å². The fourth-order valence-electron chi connectivity index (χ4n) is 3.02. The number of hydrogen-bond acceptors (Lipinski definition) is 4. The van der Waals surface area contributed by atoms with Crippen molar-refractivity contribution in [1.29, 1.82) is 0 Å². The van der Waals surface area contributed by atoms with Crippen LogP contribution in [-0.2, 0) is 11.3 Å². The lowest BCUT2D eigenvalue weighted by atomic mass is 10.1. The summed E-state index contributed by atoms with van der Waals surface area (Å²) in [7, 11) is 0. The number of amides is 1. The van der Waals surface area contributed by atoms with Gasteiger partial charge in [-0.15, -0.1) is 0 Å². The number of ether oxygens (including phenoxy) is 1. The van der Waals surface area contributed by atoms with Gasteiger partial charge < -0.3 is 10.1 Å². The van der Waals surface area contributed by atoms with Crippen molar-refractivity contribution in [1.82, 2.24) is 20.0 Å². The molecule has 1 amide bonds. The van der Waals surface area contributed by atoms with Crippen molar-refractivity contribution in [2.45, 2.75) is 53.1 Å². The summed E-state index contributed by atoms with van der Waals surface area (Å²) in [6, 6.07) is 0.152. The lowest BCUT2D eigenvalue weighted by Gasteiger charge is -2.27. The van der Waals surface area contributed by atoms with Gasteiger partial charge in [0.05, 0.1) is 24.5 Å². The van der Waals surface area contributed by atoms with Crippen LogP contribution in [0, 0.1) is 13.8 Å². The van der Waals surface area contributed by atoms with Crippen molar-refractivity contribution in [2.75, 3.05) is 32.8 Å². The first-order chi connectivity index (χ1) is 11.0. The molecule has 0 saturated carbocycles. The van der Waals surface area contributed by atoms with Crippen LogP contribution in [0.25, 0.3) is 0 Å². The number of aryl methyl sites for hydroxylation is 2. The van der Waals surface area contributed by atoms with Gasteiger partial charge in [-0.2, -0.15) is 5.10 Å². The summed E-state index contributed by atoms with van der Waals surface area (Å²) < 4.78 is 7.29. The highest BCUT2D eigenvalue weighted by Crippen LogP contribution is 2.14. The van der Waals surface area contributed by atoms with Gasteiger partial charge in [0.1, 0.15) is 0 Å². The predicted molar refractivity (Wildman–Crippen MR) is 90.8 cm³/mol. The normalized spacial score (nSPS) is 17.2. The third kappa shape index (κ3) is 4.78. The minimum Gasteiger partial charge on any atom is -0.379 e. The van der Waals surface area contributed by atoms with Crippen LogP contribution >= 0.6 is 0 Å². The second kappa shape index (κ2) is 8.45. The van der Waals surface area contributed by atoms with Crippen LogP contribution < -0.4 is 5.32 Å². The summed E-state index contributed by atoms with van der Waals surface area (Å²) in [4.78, 5) is 15.0. The summed E-state index contributed by atoms with van der Waals surface area (Å²) in [5.74, 6) is -0.00293. The largest absolute Gasteiger partial charge is 0.379 e. The monoisotopic (exact) mass is 322 g/mol. The van der Waals surface area contributed by atoms with Crippen LogP contribution in [0.2, 0.25) is 0 Å². The average molecular weight is 322 g/mol. The van der Waals surface area contributed by atoms with Gasteiger partial charge in [0.25, 0.3) is 5.91 Å². The molecule has 1 fully saturated rings. The van der Waals surface area contributed by atoms with Crippen LogP contribution in [0.5, 0.6) is 0 Å². The van der Waals surface area contributed by atoms with Crippen LogP contribution in [0.15, 0.2) is 0 Å². The molecule has 1 N–H and O–H groups in total. The molecule has 1 atom stereocenters. The van der Waals surface area contributed by atoms with E-state index in [0.717, 1.165) is 69.2 Å². The molecule has 1 saturated heterocycles. The molecule has 2 rings (SSSR count). The lowest BCUT2D eigenvalue weighted by molar-refractivity contribution is 0.0363. The molecule has 0 aliphatic carbocycles. The van der Waals surface area contributed by atoms with E-state index in [0.29, 0.717) is 0 Å². The van der Waals surface area contributed by atoms with Gasteiger partial charge in [0.2, 0.25) is 0 Å². The van der Waals surface area contributed by atoms with Gasteiger partial charge in [-0.25, -0.2) is 0 Å². The molecule has 23 heavy (non-hydrogen) atoms. The molecule has 0 aromatic carbocycles. The topological polar surface area (TPSA) is 59.4 Å². The van der Waals surface area contributed by atoms with Crippen molar-refractivity contribution in [3.8, 4) is 0 Å². The fourth-order valence-corrected chi connectivity index (χ4v) is 3.02. The van der Waals surface area contributed by atoms with E-state index in [4.69, 9.17) is 4.74 Å². The van der Waals surface area contributed by atoms with Gasteiger partial charge >= 0.3 is 0 Å². The minimum atomic E-state index is -0.00293. The zero-order valence-electron chi connectivity index (χ0n) is 14.9. The SMILES string of the molecule is CCCn1nc(C)c(C(=O)N[C@@H](C)CCN2CCOCC2)c1C. The van der Waals surface area contributed by atoms with E-state index in [1.54, 1.807) is 0 Å². The number of carbonyl (C=O) groups is 1. The molecule has 6 heteroatoms. The Morgan fingerprint density at radius 1 is 1.30 bits per heavy atom. The van der Waals surface area contributed by atoms with E-state index in [2.05, 4.69) is 29.2 Å². The molecule has 130 valence electrons. The highest BCUT2D eigenvalue weighted by molar-refractivity contribution is 5.96. The average Bonchev–Trinajstić information content (AvgIpc) is 2.81. The molecular weight excluding hydrogens is 292 g/mol. The van der Waals surface area contributed by atoms with E-state index < -0.39 is 0 Å². The Morgan fingerprint density at radius 2 is 2.00 bits per heavy atom. The number of nitrogens with zero attached hydrogens (tertiary/aromatic N) is 3. The van der Waals surface area contributed by atoms with E-state index in [9.17, 15) is 4.79 Å². The highest BCUT2D eigenvalue weighted by Gasteiger charge is 2.20. The Balaban J connectivity index is 1.88. The summed E-state index contributed by atoms with van der Waals surface area (Å²) in [6.07, 6.45) is 1.96. The fraction of sp³-hybridized carbons (Fsp3) is 0.765. The Hall–Kier alpha value is -1.40. The van der Waals surface area contributed by atoms with Crippen molar-refractivity contribution >= 4 is 5.91 Å². The Bertz CT molecular complexity index is 521. The summed E-state index contributed by atoms with van der Waals surface area (Å²) in [5, 5.41) is 7.60. The van der Waals surface area contributed by atoms with E-state index >= 15 is 0 Å². The van der Waals surface area contributed by atoms with Crippen LogP contribution in [0.4, 0.5) is 0 Å². The first-order valence-electron chi connectivity index (χ1n) is 8.67. The van der Waals surface area contributed by atoms with Crippen molar-refractivity contribution < 1.29 is 9.53 Å². The maximum Gasteiger partial charge on any atom is 0.255 e. The van der Waals surface area contributed by atoms with Crippen LogP contribution in [0.1, 0.15) is 48.4 Å². The third-order valence-electron chi connectivity index (χ3n) is 4.40. The van der Waals surface area contributed by atoms with Gasteiger partial charge in [-0.05, 0) is 33.6 Å². The lowest BCUT2D eigenvalue weighted by Crippen LogP contribution is -2.40. The van der Waals surface area contributed by atoms with Gasteiger partial charge in [-0.1, -0.05) is 6.92 Å². The number of nitrogens with one attached hydrogen (secondary N) is 1. The van der Waals surface area contributed by atoms with E-state index in [1.807, 2.05) is 18.5 Å². The quantitative estimate of drug-likeness (QED) is 0.831. The third-order valence-corrected chi connectivity index (χ3v) is 4.40. The maximum absolute atomic E-state index is 12.6. The molecule has 0 unspecified atom stereocenters. The molecular formula is C17H30N4O2. The zero-order valence-corrected chi connectivity index (χ0v) is 14.9. The number of morpholine rings is 1. The van der Waals surface area contributed by atoms with Gasteiger partial charge in [0, 0.05) is 37.9 Å². The summed E-state index contributed by atoms with van der Waals surface area (Å²) in [5.41, 5.74) is 2.51. The van der Waals surface area contributed by atoms with E-state index in [-0.39, 0.29) is 11.9 Å².